The van der Waals surface area contributed by atoms with E-state index in [1.165, 1.54) is 18.2 Å². The second-order valence-electron chi connectivity index (χ2n) is 12.3. The van der Waals surface area contributed by atoms with Gasteiger partial charge in [0.15, 0.2) is 5.75 Å². The first kappa shape index (κ1) is 29.6. The molecule has 8 rings (SSSR count). The number of hydrogen-bond donors (Lipinski definition) is 1. The highest BCUT2D eigenvalue weighted by Gasteiger charge is 2.43. The lowest BCUT2D eigenvalue weighted by Crippen LogP contribution is -2.49. The summed E-state index contributed by atoms with van der Waals surface area (Å²) >= 11 is 5.94. The normalized spacial score (nSPS) is 24.5. The lowest BCUT2D eigenvalue weighted by molar-refractivity contribution is -0.0906. The average molecular weight is 661 g/mol. The van der Waals surface area contributed by atoms with Crippen molar-refractivity contribution in [2.45, 2.75) is 36.9 Å². The molecule has 0 aliphatic carbocycles. The van der Waals surface area contributed by atoms with Gasteiger partial charge in [0.25, 0.3) is 0 Å². The maximum Gasteiger partial charge on any atom is 0.335 e. The minimum absolute atomic E-state index is 0.223. The third kappa shape index (κ3) is 5.19. The van der Waals surface area contributed by atoms with Crippen molar-refractivity contribution < 1.29 is 28.2 Å². The Balaban J connectivity index is 1.02. The third-order valence-electron chi connectivity index (χ3n) is 9.61. The predicted molar refractivity (Wildman–Crippen MR) is 172 cm³/mol. The van der Waals surface area contributed by atoms with Crippen molar-refractivity contribution in [3.63, 3.8) is 0 Å². The number of carbonyl (C=O) groups is 1. The molecule has 4 aliphatic heterocycles. The maximum atomic E-state index is 15.3. The fourth-order valence-electron chi connectivity index (χ4n) is 6.97. The summed E-state index contributed by atoms with van der Waals surface area (Å²) in [5.41, 5.74) is 3.53. The lowest BCUT2D eigenvalue weighted by atomic mass is 9.96. The molecule has 4 atom stereocenters. The summed E-state index contributed by atoms with van der Waals surface area (Å²) in [5, 5.41) is 9.95. The number of benzene rings is 3. The number of rotatable bonds is 7. The molecule has 3 fully saturated rings. The van der Waals surface area contributed by atoms with Crippen molar-refractivity contribution in [2.24, 2.45) is 5.92 Å². The molecule has 0 spiro atoms. The van der Waals surface area contributed by atoms with Gasteiger partial charge in [0.05, 0.1) is 50.0 Å². The molecule has 0 amide bonds. The zero-order chi connectivity index (χ0) is 31.5. The molecule has 3 saturated heterocycles. The summed E-state index contributed by atoms with van der Waals surface area (Å²) in [6.45, 7) is 4.27. The van der Waals surface area contributed by atoms with Gasteiger partial charge in [-0.2, -0.15) is 0 Å². The smallest absolute Gasteiger partial charge is 0.335 e. The highest BCUT2D eigenvalue weighted by atomic mass is 35.5. The van der Waals surface area contributed by atoms with E-state index in [-0.39, 0.29) is 27.9 Å². The van der Waals surface area contributed by atoms with Crippen LogP contribution in [-0.4, -0.2) is 73.9 Å². The number of para-hydroxylation sites is 1. The predicted octanol–water partition coefficient (Wildman–Crippen LogP) is 6.33. The van der Waals surface area contributed by atoms with Crippen LogP contribution < -0.4 is 9.64 Å². The first-order chi connectivity index (χ1) is 22.3. The number of aromatic carboxylic acids is 1. The van der Waals surface area contributed by atoms with Gasteiger partial charge in [0, 0.05) is 55.0 Å². The molecule has 46 heavy (non-hydrogen) atoms. The monoisotopic (exact) mass is 660 g/mol. The van der Waals surface area contributed by atoms with Gasteiger partial charge in [-0.1, -0.05) is 29.8 Å². The number of imidazole rings is 1. The molecule has 2 radical (unpaired) electrons. The van der Waals surface area contributed by atoms with Crippen LogP contribution in [-0.2, 0) is 11.3 Å². The molecule has 236 valence electrons. The molecule has 0 bridgehead atoms. The van der Waals surface area contributed by atoms with Gasteiger partial charge in [-0.15, -0.1) is 0 Å². The number of piperazine rings is 1. The third-order valence-corrected chi connectivity index (χ3v) is 11.7. The number of carboxylic acid groups (broad SMARTS) is 1. The molecule has 8 nitrogen and oxygen atoms in total. The van der Waals surface area contributed by atoms with Gasteiger partial charge in [0.2, 0.25) is 0 Å². The van der Waals surface area contributed by atoms with Crippen LogP contribution in [0, 0.1) is 11.7 Å². The minimum Gasteiger partial charge on any atom is -0.478 e. The molecule has 12 heteroatoms. The molecule has 3 aromatic carbocycles. The Hall–Kier alpha value is -3.77. The van der Waals surface area contributed by atoms with Gasteiger partial charge in [-0.3, -0.25) is 4.90 Å². The average Bonchev–Trinajstić information content (AvgIpc) is 3.34. The zero-order valence-corrected chi connectivity index (χ0v) is 26.6. The highest BCUT2D eigenvalue weighted by Crippen LogP contribution is 2.45. The van der Waals surface area contributed by atoms with E-state index in [1.807, 2.05) is 18.2 Å². The second-order valence-corrected chi connectivity index (χ2v) is 14.1. The fourth-order valence-corrected chi connectivity index (χ4v) is 8.79. The number of halogens is 3. The molecule has 3 unspecified atom stereocenters. The lowest BCUT2D eigenvalue weighted by Gasteiger charge is -2.46. The molecular formula is C34H31ClF2N4O4Si. The number of carboxylic acids is 1. The zero-order valence-electron chi connectivity index (χ0n) is 24.8. The van der Waals surface area contributed by atoms with Crippen LogP contribution in [0.15, 0.2) is 60.7 Å². The van der Waals surface area contributed by atoms with E-state index in [4.69, 9.17) is 26.1 Å². The van der Waals surface area contributed by atoms with Crippen molar-refractivity contribution in [1.29, 1.82) is 0 Å². The Morgan fingerprint density at radius 2 is 1.91 bits per heavy atom. The first-order valence-corrected chi connectivity index (χ1v) is 17.2. The van der Waals surface area contributed by atoms with Crippen molar-refractivity contribution in [1.82, 2.24) is 14.5 Å². The van der Waals surface area contributed by atoms with Crippen LogP contribution in [0.25, 0.3) is 16.9 Å². The largest absolute Gasteiger partial charge is 0.478 e. The topological polar surface area (TPSA) is 80.1 Å². The Morgan fingerprint density at radius 1 is 1.09 bits per heavy atom. The maximum absolute atomic E-state index is 15.3. The number of fused-ring (bicyclic) bond motifs is 2. The molecule has 4 aromatic rings. The van der Waals surface area contributed by atoms with Gasteiger partial charge in [-0.25, -0.2) is 18.6 Å². The van der Waals surface area contributed by atoms with Gasteiger partial charge < -0.3 is 24.0 Å². The molecule has 4 aliphatic rings. The molecule has 0 saturated carbocycles. The van der Waals surface area contributed by atoms with Crippen molar-refractivity contribution in [2.75, 3.05) is 37.7 Å². The van der Waals surface area contributed by atoms with E-state index >= 15 is 4.39 Å². The van der Waals surface area contributed by atoms with Crippen LogP contribution in [0.3, 0.4) is 0 Å². The van der Waals surface area contributed by atoms with Crippen molar-refractivity contribution in [3.05, 3.63) is 94.0 Å². The molecule has 1 N–H and O–H groups in total. The number of ether oxygens (including phenoxy) is 2. The van der Waals surface area contributed by atoms with Gasteiger partial charge in [0.1, 0.15) is 23.6 Å². The number of hydrogen-bond acceptors (Lipinski definition) is 6. The van der Waals surface area contributed by atoms with Crippen LogP contribution in [0.1, 0.15) is 45.5 Å². The van der Waals surface area contributed by atoms with E-state index in [9.17, 15) is 14.3 Å². The van der Waals surface area contributed by atoms with E-state index in [0.29, 0.717) is 36.9 Å². The Labute approximate surface area is 272 Å². The van der Waals surface area contributed by atoms with Crippen LogP contribution >= 0.6 is 11.6 Å². The first-order valence-electron chi connectivity index (χ1n) is 15.5. The molecule has 5 heterocycles. The summed E-state index contributed by atoms with van der Waals surface area (Å²) in [7, 11) is 0.732. The van der Waals surface area contributed by atoms with Crippen molar-refractivity contribution >= 4 is 49.6 Å². The van der Waals surface area contributed by atoms with Crippen LogP contribution in [0.2, 0.25) is 11.1 Å². The number of anilines is 1. The summed E-state index contributed by atoms with van der Waals surface area (Å²) in [6.07, 6.45) is 1.71. The quantitative estimate of drug-likeness (QED) is 0.232. The van der Waals surface area contributed by atoms with E-state index < -0.39 is 23.7 Å². The Kier molecular flexibility index (Phi) is 7.59. The standard InChI is InChI=1S/C34H31ClF2N4O4Si/c35-20-5-6-21(24(36)15-20)30-16-25(37)22-2-1-3-27(32(22)45-30)40-11-9-39(10-12-40)17-31-38-26-7-4-19(34(42)43)14-28(26)41(31)33-23(18-46-33)29-8-13-44-29/h1-7,14-16,23,29-30,33H,8-13,17-18H2,(H,42,43)/t23?,29?,30?,33-/m1/s1. The fraction of sp³-hybridized carbons (Fsp3) is 0.353. The summed E-state index contributed by atoms with van der Waals surface area (Å²) in [5.74, 6) is -0.190. The van der Waals surface area contributed by atoms with E-state index in [0.717, 1.165) is 64.2 Å². The van der Waals surface area contributed by atoms with Crippen LogP contribution in [0.5, 0.6) is 5.75 Å². The van der Waals surface area contributed by atoms with Crippen LogP contribution in [0.4, 0.5) is 14.5 Å². The highest BCUT2D eigenvalue weighted by molar-refractivity contribution is 6.41. The molecule has 1 aromatic heterocycles. The Bertz CT molecular complexity index is 1870. The molecular weight excluding hydrogens is 630 g/mol. The van der Waals surface area contributed by atoms with E-state index in [1.54, 1.807) is 24.3 Å². The summed E-state index contributed by atoms with van der Waals surface area (Å²) in [6, 6.07) is 16.0. The number of aromatic nitrogens is 2. The van der Waals surface area contributed by atoms with E-state index in [2.05, 4.69) is 14.4 Å². The number of nitrogens with zero attached hydrogens (tertiary/aromatic N) is 4. The SMILES string of the molecule is O=C(O)c1ccc2nc(CN3CCN(c4cccc5c4OC(c4ccc(Cl)cc4F)C=C5F)CC3)n([C@@H]3[Si]CC3C3CCO3)c2c1. The summed E-state index contributed by atoms with van der Waals surface area (Å²) in [4.78, 5) is 21.4. The van der Waals surface area contributed by atoms with Gasteiger partial charge >= 0.3 is 5.97 Å². The van der Waals surface area contributed by atoms with Crippen molar-refractivity contribution in [3.8, 4) is 5.75 Å². The van der Waals surface area contributed by atoms with Gasteiger partial charge in [-0.05, 0) is 55.0 Å². The minimum atomic E-state index is -0.950. The Morgan fingerprint density at radius 3 is 2.61 bits per heavy atom. The summed E-state index contributed by atoms with van der Waals surface area (Å²) < 4.78 is 44.5. The second kappa shape index (κ2) is 11.8.